The van der Waals surface area contributed by atoms with E-state index >= 15 is 0 Å². The van der Waals surface area contributed by atoms with Crippen molar-refractivity contribution in [1.82, 2.24) is 9.97 Å². The zero-order valence-electron chi connectivity index (χ0n) is 8.96. The highest BCUT2D eigenvalue weighted by Crippen LogP contribution is 2.39. The van der Waals surface area contributed by atoms with Gasteiger partial charge in [0.25, 0.3) is 0 Å². The molecule has 86 valence electrons. The highest BCUT2D eigenvalue weighted by Gasteiger charge is 2.32. The summed E-state index contributed by atoms with van der Waals surface area (Å²) in [6.45, 7) is 0. The summed E-state index contributed by atoms with van der Waals surface area (Å²) < 4.78 is 0. The summed E-state index contributed by atoms with van der Waals surface area (Å²) in [6.07, 6.45) is 4.95. The van der Waals surface area contributed by atoms with Gasteiger partial charge in [0.2, 0.25) is 0 Å². The summed E-state index contributed by atoms with van der Waals surface area (Å²) in [5.74, 6) is -1.19. The molecule has 2 heterocycles. The monoisotopic (exact) mass is 246 g/mol. The van der Waals surface area contributed by atoms with Crippen LogP contribution in [-0.4, -0.2) is 21.0 Å². The molecule has 1 atom stereocenters. The Hall–Kier alpha value is -1.75. The van der Waals surface area contributed by atoms with E-state index in [9.17, 15) is 4.79 Å². The second kappa shape index (κ2) is 3.92. The fourth-order valence-corrected chi connectivity index (χ4v) is 3.23. The minimum atomic E-state index is -0.768. The van der Waals surface area contributed by atoms with Crippen LogP contribution in [0.2, 0.25) is 0 Å². The second-order valence-corrected chi connectivity index (χ2v) is 5.08. The van der Waals surface area contributed by atoms with Crippen molar-refractivity contribution in [3.05, 3.63) is 35.1 Å². The smallest absolute Gasteiger partial charge is 0.312 e. The molecule has 0 aliphatic heterocycles. The van der Waals surface area contributed by atoms with Gasteiger partial charge in [0.15, 0.2) is 0 Å². The van der Waals surface area contributed by atoms with Crippen molar-refractivity contribution in [1.29, 1.82) is 0 Å². The third-order valence-electron chi connectivity index (χ3n) is 2.94. The molecular weight excluding hydrogens is 236 g/mol. The fourth-order valence-electron chi connectivity index (χ4n) is 2.09. The molecule has 1 aliphatic carbocycles. The van der Waals surface area contributed by atoms with E-state index in [-0.39, 0.29) is 0 Å². The third kappa shape index (κ3) is 1.72. The highest BCUT2D eigenvalue weighted by molar-refractivity contribution is 7.15. The number of fused-ring (bicyclic) bond motifs is 1. The molecule has 0 bridgehead atoms. The molecule has 0 aromatic carbocycles. The van der Waals surface area contributed by atoms with Crippen molar-refractivity contribution >= 4 is 17.3 Å². The van der Waals surface area contributed by atoms with Crippen molar-refractivity contribution < 1.29 is 9.90 Å². The number of hydrogen-bond donors (Lipinski definition) is 1. The molecule has 2 aromatic heterocycles. The van der Waals surface area contributed by atoms with Crippen LogP contribution in [0.3, 0.4) is 0 Å². The van der Waals surface area contributed by atoms with Gasteiger partial charge in [0, 0.05) is 22.8 Å². The Kier molecular flexibility index (Phi) is 2.40. The Bertz CT molecular complexity index is 565. The summed E-state index contributed by atoms with van der Waals surface area (Å²) in [5, 5.41) is 9.99. The lowest BCUT2D eigenvalue weighted by molar-refractivity contribution is -0.138. The predicted molar refractivity (Wildman–Crippen MR) is 64.0 cm³/mol. The topological polar surface area (TPSA) is 63.1 Å². The van der Waals surface area contributed by atoms with Crippen LogP contribution in [0.25, 0.3) is 10.6 Å². The summed E-state index contributed by atoms with van der Waals surface area (Å²) in [6, 6.07) is 3.79. The van der Waals surface area contributed by atoms with Crippen LogP contribution < -0.4 is 0 Å². The number of aryl methyl sites for hydroxylation is 1. The number of carbonyl (C=O) groups is 1. The van der Waals surface area contributed by atoms with Gasteiger partial charge in [-0.1, -0.05) is 0 Å². The Morgan fingerprint density at radius 3 is 2.88 bits per heavy atom. The highest BCUT2D eigenvalue weighted by atomic mass is 32.1. The van der Waals surface area contributed by atoms with Gasteiger partial charge in [-0.25, -0.2) is 4.98 Å². The van der Waals surface area contributed by atoms with Crippen LogP contribution >= 0.6 is 11.3 Å². The maximum atomic E-state index is 11.1. The summed E-state index contributed by atoms with van der Waals surface area (Å²) in [5.41, 5.74) is 1.76. The quantitative estimate of drug-likeness (QED) is 0.883. The standard InChI is InChI=1S/C12H10N2O2S/c15-12(16)8-1-2-9-10(8)14-11(17-9)7-3-5-13-6-4-7/h3-6,8H,1-2H2,(H,15,16). The lowest BCUT2D eigenvalue weighted by Crippen LogP contribution is -2.08. The van der Waals surface area contributed by atoms with Crippen LogP contribution in [0.4, 0.5) is 0 Å². The van der Waals surface area contributed by atoms with E-state index in [1.807, 2.05) is 12.1 Å². The van der Waals surface area contributed by atoms with E-state index in [4.69, 9.17) is 5.11 Å². The number of aromatic nitrogens is 2. The maximum absolute atomic E-state index is 11.1. The van der Waals surface area contributed by atoms with Crippen LogP contribution in [0.15, 0.2) is 24.5 Å². The number of rotatable bonds is 2. The van der Waals surface area contributed by atoms with Gasteiger partial charge in [-0.2, -0.15) is 0 Å². The average molecular weight is 246 g/mol. The van der Waals surface area contributed by atoms with Gasteiger partial charge >= 0.3 is 5.97 Å². The van der Waals surface area contributed by atoms with Crippen LogP contribution in [0, 0.1) is 0 Å². The average Bonchev–Trinajstić information content (AvgIpc) is 2.88. The number of carboxylic acid groups (broad SMARTS) is 1. The molecule has 3 rings (SSSR count). The molecule has 1 N–H and O–H groups in total. The van der Waals surface area contributed by atoms with Crippen molar-refractivity contribution in [2.24, 2.45) is 0 Å². The lowest BCUT2D eigenvalue weighted by atomic mass is 10.1. The van der Waals surface area contributed by atoms with E-state index in [0.717, 1.165) is 27.6 Å². The molecule has 4 nitrogen and oxygen atoms in total. The van der Waals surface area contributed by atoms with E-state index in [2.05, 4.69) is 9.97 Å². The van der Waals surface area contributed by atoms with E-state index in [1.54, 1.807) is 23.7 Å². The van der Waals surface area contributed by atoms with Crippen LogP contribution in [-0.2, 0) is 11.2 Å². The SMILES string of the molecule is O=C(O)C1CCc2sc(-c3ccncc3)nc21. The molecule has 0 amide bonds. The zero-order valence-corrected chi connectivity index (χ0v) is 9.78. The van der Waals surface area contributed by atoms with Crippen molar-refractivity contribution in [2.75, 3.05) is 0 Å². The van der Waals surface area contributed by atoms with Crippen LogP contribution in [0.5, 0.6) is 0 Å². The van der Waals surface area contributed by atoms with Crippen molar-refractivity contribution in [2.45, 2.75) is 18.8 Å². The molecule has 2 aromatic rings. The van der Waals surface area contributed by atoms with Gasteiger partial charge in [-0.3, -0.25) is 9.78 Å². The molecular formula is C12H10N2O2S. The van der Waals surface area contributed by atoms with Gasteiger partial charge in [0.1, 0.15) is 10.9 Å². The molecule has 0 saturated heterocycles. The second-order valence-electron chi connectivity index (χ2n) is 3.99. The summed E-state index contributed by atoms with van der Waals surface area (Å²) in [7, 11) is 0. The first-order valence-electron chi connectivity index (χ1n) is 5.38. The Morgan fingerprint density at radius 1 is 1.41 bits per heavy atom. The van der Waals surface area contributed by atoms with Gasteiger partial charge in [-0.15, -0.1) is 11.3 Å². The normalized spacial score (nSPS) is 18.0. The Morgan fingerprint density at radius 2 is 2.18 bits per heavy atom. The van der Waals surface area contributed by atoms with E-state index in [0.29, 0.717) is 6.42 Å². The molecule has 17 heavy (non-hydrogen) atoms. The summed E-state index contributed by atoms with van der Waals surface area (Å²) in [4.78, 5) is 20.6. The first-order valence-corrected chi connectivity index (χ1v) is 6.20. The molecule has 0 radical (unpaired) electrons. The number of hydrogen-bond acceptors (Lipinski definition) is 4. The minimum Gasteiger partial charge on any atom is -0.481 e. The van der Waals surface area contributed by atoms with E-state index < -0.39 is 11.9 Å². The Balaban J connectivity index is 2.02. The Labute approximate surface area is 102 Å². The molecule has 0 fully saturated rings. The number of nitrogens with zero attached hydrogens (tertiary/aromatic N) is 2. The largest absolute Gasteiger partial charge is 0.481 e. The van der Waals surface area contributed by atoms with Crippen molar-refractivity contribution in [3.63, 3.8) is 0 Å². The molecule has 1 unspecified atom stereocenters. The number of aliphatic carboxylic acids is 1. The lowest BCUT2D eigenvalue weighted by Gasteiger charge is -2.01. The molecule has 0 saturated carbocycles. The number of thiazole rings is 1. The minimum absolute atomic E-state index is 0.420. The maximum Gasteiger partial charge on any atom is 0.312 e. The first kappa shape index (κ1) is 10.4. The van der Waals surface area contributed by atoms with Gasteiger partial charge in [0.05, 0.1) is 5.69 Å². The first-order chi connectivity index (χ1) is 8.25. The van der Waals surface area contributed by atoms with Gasteiger partial charge < -0.3 is 5.11 Å². The summed E-state index contributed by atoms with van der Waals surface area (Å²) >= 11 is 1.59. The third-order valence-corrected chi connectivity index (χ3v) is 4.12. The number of pyridine rings is 1. The number of carboxylic acids is 1. The predicted octanol–water partition coefficient (Wildman–Crippen LogP) is 2.32. The fraction of sp³-hybridized carbons (Fsp3) is 0.250. The molecule has 0 spiro atoms. The zero-order chi connectivity index (χ0) is 11.8. The van der Waals surface area contributed by atoms with E-state index in [1.165, 1.54) is 0 Å². The van der Waals surface area contributed by atoms with Gasteiger partial charge in [-0.05, 0) is 25.0 Å². The van der Waals surface area contributed by atoms with Crippen molar-refractivity contribution in [3.8, 4) is 10.6 Å². The molecule has 1 aliphatic rings. The molecule has 5 heteroatoms. The van der Waals surface area contributed by atoms with Crippen LogP contribution in [0.1, 0.15) is 22.9 Å².